The molecular formula is C14H19N3S. The number of nitrogens with one attached hydrogen (secondary N) is 2. The molecule has 3 nitrogen and oxygen atoms in total. The fraction of sp³-hybridized carbons (Fsp3) is 0.357. The Labute approximate surface area is 112 Å². The Morgan fingerprint density at radius 1 is 1.22 bits per heavy atom. The molecule has 1 aromatic heterocycles. The molecular weight excluding hydrogens is 242 g/mol. The van der Waals surface area contributed by atoms with Crippen LogP contribution in [0.4, 0.5) is 0 Å². The molecule has 1 aromatic carbocycles. The number of rotatable bonds is 4. The Balaban J connectivity index is 2.18. The lowest BCUT2D eigenvalue weighted by Crippen LogP contribution is -2.37. The van der Waals surface area contributed by atoms with Gasteiger partial charge in [0.05, 0.1) is 5.37 Å². The predicted octanol–water partition coefficient (Wildman–Crippen LogP) is 3.59. The van der Waals surface area contributed by atoms with Crippen LogP contribution in [0.15, 0.2) is 47.9 Å². The minimum Gasteiger partial charge on any atom is -0.340 e. The molecule has 18 heavy (non-hydrogen) atoms. The van der Waals surface area contributed by atoms with Gasteiger partial charge in [0, 0.05) is 17.9 Å². The molecule has 0 bridgehead atoms. The maximum atomic E-state index is 4.28. The third-order valence-corrected chi connectivity index (χ3v) is 3.44. The van der Waals surface area contributed by atoms with Gasteiger partial charge in [-0.05, 0) is 26.3 Å². The van der Waals surface area contributed by atoms with Crippen LogP contribution in [0.1, 0.15) is 31.7 Å². The molecule has 0 fully saturated rings. The zero-order valence-corrected chi connectivity index (χ0v) is 11.8. The highest BCUT2D eigenvalue weighted by Gasteiger charge is 2.20. The lowest BCUT2D eigenvalue weighted by molar-refractivity contribution is 0.418. The number of aromatic amines is 1. The second kappa shape index (κ2) is 5.59. The number of H-pyrrole nitrogens is 1. The summed E-state index contributed by atoms with van der Waals surface area (Å²) in [6.07, 6.45) is 3.63. The number of hydrogen-bond acceptors (Lipinski definition) is 3. The van der Waals surface area contributed by atoms with E-state index in [0.717, 1.165) is 5.16 Å². The summed E-state index contributed by atoms with van der Waals surface area (Å²) >= 11 is 1.70. The molecule has 1 unspecified atom stereocenters. The number of aromatic nitrogens is 2. The second-order valence-corrected chi connectivity index (χ2v) is 6.29. The van der Waals surface area contributed by atoms with E-state index in [9.17, 15) is 0 Å². The van der Waals surface area contributed by atoms with Crippen molar-refractivity contribution in [3.8, 4) is 0 Å². The van der Waals surface area contributed by atoms with Crippen LogP contribution in [0, 0.1) is 0 Å². The van der Waals surface area contributed by atoms with E-state index >= 15 is 0 Å². The van der Waals surface area contributed by atoms with Gasteiger partial charge in [-0.1, -0.05) is 42.1 Å². The standard InChI is InChI=1S/C14H19N3S/c1-14(2,3)17-12(11-7-5-4-6-8-11)18-13-15-9-10-16-13/h4-10,12,17H,1-3H3,(H,15,16). The minimum atomic E-state index is 0.0557. The maximum absolute atomic E-state index is 4.28. The summed E-state index contributed by atoms with van der Waals surface area (Å²) in [6, 6.07) is 10.4. The van der Waals surface area contributed by atoms with E-state index in [-0.39, 0.29) is 10.9 Å². The fourth-order valence-electron chi connectivity index (χ4n) is 1.63. The van der Waals surface area contributed by atoms with E-state index in [1.54, 1.807) is 18.0 Å². The molecule has 0 aliphatic heterocycles. The third kappa shape index (κ3) is 3.89. The van der Waals surface area contributed by atoms with Gasteiger partial charge in [-0.3, -0.25) is 5.32 Å². The molecule has 2 rings (SSSR count). The van der Waals surface area contributed by atoms with Crippen LogP contribution < -0.4 is 5.32 Å². The second-order valence-electron chi connectivity index (χ2n) is 5.20. The first-order valence-corrected chi connectivity index (χ1v) is 6.91. The normalized spacial score (nSPS) is 13.5. The predicted molar refractivity (Wildman–Crippen MR) is 76.5 cm³/mol. The Bertz CT molecular complexity index is 460. The van der Waals surface area contributed by atoms with E-state index in [2.05, 4.69) is 60.3 Å². The molecule has 4 heteroatoms. The first-order chi connectivity index (χ1) is 8.54. The van der Waals surface area contributed by atoms with E-state index < -0.39 is 0 Å². The van der Waals surface area contributed by atoms with E-state index in [1.165, 1.54) is 5.56 Å². The maximum Gasteiger partial charge on any atom is 0.167 e. The molecule has 2 aromatic rings. The molecule has 1 heterocycles. The SMILES string of the molecule is CC(C)(C)NC(Sc1ncc[nH]1)c1ccccc1. The lowest BCUT2D eigenvalue weighted by atomic mass is 10.1. The number of thioether (sulfide) groups is 1. The largest absolute Gasteiger partial charge is 0.340 e. The van der Waals surface area contributed by atoms with Gasteiger partial charge in [0.1, 0.15) is 0 Å². The molecule has 0 amide bonds. The van der Waals surface area contributed by atoms with Gasteiger partial charge in [0.15, 0.2) is 5.16 Å². The van der Waals surface area contributed by atoms with Crippen molar-refractivity contribution >= 4 is 11.8 Å². The summed E-state index contributed by atoms with van der Waals surface area (Å²) in [6.45, 7) is 6.52. The van der Waals surface area contributed by atoms with Crippen molar-refractivity contribution in [3.05, 3.63) is 48.3 Å². The van der Waals surface area contributed by atoms with Gasteiger partial charge in [-0.25, -0.2) is 4.98 Å². The average molecular weight is 261 g/mol. The van der Waals surface area contributed by atoms with Gasteiger partial charge < -0.3 is 4.98 Å². The van der Waals surface area contributed by atoms with Crippen LogP contribution in [0.25, 0.3) is 0 Å². The average Bonchev–Trinajstić information content (AvgIpc) is 2.80. The molecule has 0 aliphatic rings. The molecule has 96 valence electrons. The van der Waals surface area contributed by atoms with Crippen LogP contribution in [0.3, 0.4) is 0 Å². The van der Waals surface area contributed by atoms with Crippen molar-refractivity contribution in [1.29, 1.82) is 0 Å². The topological polar surface area (TPSA) is 40.7 Å². The van der Waals surface area contributed by atoms with Crippen molar-refractivity contribution in [2.75, 3.05) is 0 Å². The van der Waals surface area contributed by atoms with Gasteiger partial charge in [0.25, 0.3) is 0 Å². The molecule has 2 N–H and O–H groups in total. The van der Waals surface area contributed by atoms with Gasteiger partial charge in [0.2, 0.25) is 0 Å². The van der Waals surface area contributed by atoms with E-state index in [1.807, 2.05) is 12.3 Å². The first-order valence-electron chi connectivity index (χ1n) is 6.03. The van der Waals surface area contributed by atoms with Crippen molar-refractivity contribution < 1.29 is 0 Å². The highest BCUT2D eigenvalue weighted by atomic mass is 32.2. The molecule has 0 radical (unpaired) electrons. The lowest BCUT2D eigenvalue weighted by Gasteiger charge is -2.28. The van der Waals surface area contributed by atoms with E-state index in [4.69, 9.17) is 0 Å². The van der Waals surface area contributed by atoms with Crippen molar-refractivity contribution in [3.63, 3.8) is 0 Å². The Morgan fingerprint density at radius 3 is 2.50 bits per heavy atom. The number of imidazole rings is 1. The number of hydrogen-bond donors (Lipinski definition) is 2. The van der Waals surface area contributed by atoms with Gasteiger partial charge >= 0.3 is 0 Å². The van der Waals surface area contributed by atoms with Crippen molar-refractivity contribution in [1.82, 2.24) is 15.3 Å². The quantitative estimate of drug-likeness (QED) is 0.653. The summed E-state index contributed by atoms with van der Waals surface area (Å²) in [4.78, 5) is 7.41. The first kappa shape index (κ1) is 13.2. The smallest absolute Gasteiger partial charge is 0.167 e. The van der Waals surface area contributed by atoms with E-state index in [0.29, 0.717) is 0 Å². The third-order valence-electron chi connectivity index (χ3n) is 2.37. The highest BCUT2D eigenvalue weighted by molar-refractivity contribution is 7.99. The van der Waals surface area contributed by atoms with Crippen LogP contribution in [-0.4, -0.2) is 15.5 Å². The highest BCUT2D eigenvalue weighted by Crippen LogP contribution is 2.32. The summed E-state index contributed by atoms with van der Waals surface area (Å²) < 4.78 is 0. The molecule has 0 saturated carbocycles. The zero-order chi connectivity index (χ0) is 13.0. The molecule has 0 aliphatic carbocycles. The summed E-state index contributed by atoms with van der Waals surface area (Å²) in [5.41, 5.74) is 1.31. The van der Waals surface area contributed by atoms with Gasteiger partial charge in [-0.2, -0.15) is 0 Å². The van der Waals surface area contributed by atoms with Crippen LogP contribution >= 0.6 is 11.8 Å². The Kier molecular flexibility index (Phi) is 4.09. The van der Waals surface area contributed by atoms with Crippen LogP contribution in [0.5, 0.6) is 0 Å². The van der Waals surface area contributed by atoms with Crippen molar-refractivity contribution in [2.24, 2.45) is 0 Å². The van der Waals surface area contributed by atoms with Crippen LogP contribution in [0.2, 0.25) is 0 Å². The Morgan fingerprint density at radius 2 is 1.94 bits per heavy atom. The van der Waals surface area contributed by atoms with Crippen LogP contribution in [-0.2, 0) is 0 Å². The minimum absolute atomic E-state index is 0.0557. The zero-order valence-electron chi connectivity index (χ0n) is 11.0. The summed E-state index contributed by atoms with van der Waals surface area (Å²) in [7, 11) is 0. The summed E-state index contributed by atoms with van der Waals surface area (Å²) in [5.74, 6) is 0. The monoisotopic (exact) mass is 261 g/mol. The van der Waals surface area contributed by atoms with Crippen molar-refractivity contribution in [2.45, 2.75) is 36.8 Å². The molecule has 0 spiro atoms. The number of nitrogens with zero attached hydrogens (tertiary/aromatic N) is 1. The molecule has 1 atom stereocenters. The Hall–Kier alpha value is -1.26. The summed E-state index contributed by atoms with van der Waals surface area (Å²) in [5, 5.41) is 4.74. The van der Waals surface area contributed by atoms with Gasteiger partial charge in [-0.15, -0.1) is 0 Å². The number of benzene rings is 1. The molecule has 0 saturated heterocycles. The fourth-order valence-corrected chi connectivity index (χ4v) is 2.82.